The summed E-state index contributed by atoms with van der Waals surface area (Å²) in [7, 11) is 0. The summed E-state index contributed by atoms with van der Waals surface area (Å²) in [6.45, 7) is 0. The minimum absolute atomic E-state index is 0.201. The fourth-order valence-corrected chi connectivity index (χ4v) is 3.25. The molecule has 0 saturated heterocycles. The molecule has 0 N–H and O–H groups in total. The largest absolute Gasteiger partial charge is 0.691 e. The molecule has 0 aliphatic heterocycles. The first-order chi connectivity index (χ1) is 6.27. The van der Waals surface area contributed by atoms with E-state index in [2.05, 4.69) is 9.37 Å². The molecule has 2 aliphatic carbocycles. The van der Waals surface area contributed by atoms with Gasteiger partial charge < -0.3 is 5.26 Å². The third kappa shape index (κ3) is 1.61. The van der Waals surface area contributed by atoms with Gasteiger partial charge in [0.25, 0.3) is 0 Å². The molecular formula is C8H11O4S-. The van der Waals surface area contributed by atoms with Crippen molar-refractivity contribution in [2.45, 2.75) is 25.7 Å². The molecule has 2 rings (SSSR count). The van der Waals surface area contributed by atoms with Crippen LogP contribution in [0.4, 0.5) is 0 Å². The second-order valence-corrected chi connectivity index (χ2v) is 4.58. The van der Waals surface area contributed by atoms with Gasteiger partial charge in [-0.15, -0.1) is 0 Å². The Kier molecular flexibility index (Phi) is 2.60. The highest BCUT2D eigenvalue weighted by molar-refractivity contribution is 7.94. The molecule has 0 aromatic carbocycles. The van der Waals surface area contributed by atoms with Crippen molar-refractivity contribution in [2.75, 3.05) is 5.75 Å². The van der Waals surface area contributed by atoms with Crippen LogP contribution < -0.4 is 5.26 Å². The lowest BCUT2D eigenvalue weighted by Crippen LogP contribution is -2.28. The van der Waals surface area contributed by atoms with E-state index in [9.17, 15) is 10.1 Å². The monoisotopic (exact) mass is 203 g/mol. The molecule has 2 unspecified atom stereocenters. The summed E-state index contributed by atoms with van der Waals surface area (Å²) in [5.74, 6) is 1.48. The van der Waals surface area contributed by atoms with Gasteiger partial charge in [-0.3, -0.25) is 9.83 Å². The zero-order valence-electron chi connectivity index (χ0n) is 7.15. The van der Waals surface area contributed by atoms with E-state index in [0.29, 0.717) is 17.5 Å². The molecule has 0 spiro atoms. The first kappa shape index (κ1) is 9.45. The zero-order valence-corrected chi connectivity index (χ0v) is 7.97. The van der Waals surface area contributed by atoms with Crippen molar-refractivity contribution in [3.05, 3.63) is 0 Å². The van der Waals surface area contributed by atoms with E-state index in [1.807, 2.05) is 0 Å². The van der Waals surface area contributed by atoms with Crippen LogP contribution >= 0.6 is 12.0 Å². The summed E-state index contributed by atoms with van der Waals surface area (Å²) in [6.07, 6.45) is 3.79. The number of ketones is 1. The quantitative estimate of drug-likeness (QED) is 0.290. The predicted octanol–water partition coefficient (Wildman–Crippen LogP) is 0.617. The van der Waals surface area contributed by atoms with Crippen LogP contribution in [0.1, 0.15) is 25.7 Å². The van der Waals surface area contributed by atoms with Gasteiger partial charge in [0.15, 0.2) is 0 Å². The first-order valence-electron chi connectivity index (χ1n) is 4.38. The minimum atomic E-state index is -0.201. The van der Waals surface area contributed by atoms with Crippen LogP contribution in [0, 0.1) is 11.3 Å². The number of hydrogen-bond acceptors (Lipinski definition) is 5. The van der Waals surface area contributed by atoms with Crippen molar-refractivity contribution in [3.63, 3.8) is 0 Å². The summed E-state index contributed by atoms with van der Waals surface area (Å²) in [6, 6.07) is 0. The molecule has 0 aromatic heterocycles. The predicted molar refractivity (Wildman–Crippen MR) is 44.0 cm³/mol. The normalized spacial score (nSPS) is 37.3. The second kappa shape index (κ2) is 3.57. The van der Waals surface area contributed by atoms with Gasteiger partial charge in [-0.05, 0) is 25.2 Å². The third-order valence-electron chi connectivity index (χ3n) is 3.19. The summed E-state index contributed by atoms with van der Waals surface area (Å²) in [4.78, 5) is 11.6. The Hall–Kier alpha value is -0.100. The lowest BCUT2D eigenvalue weighted by molar-refractivity contribution is -0.777. The van der Waals surface area contributed by atoms with Gasteiger partial charge in [-0.2, -0.15) is 4.33 Å². The van der Waals surface area contributed by atoms with E-state index in [4.69, 9.17) is 0 Å². The van der Waals surface area contributed by atoms with Gasteiger partial charge >= 0.3 is 0 Å². The Labute approximate surface area is 80.7 Å². The van der Waals surface area contributed by atoms with Crippen LogP contribution in [0.5, 0.6) is 0 Å². The van der Waals surface area contributed by atoms with E-state index in [1.165, 1.54) is 0 Å². The standard InChI is InChI=1S/C8H12O4S/c9-7-3-6-1-2-8(7,4-6)5-13-12-11-10/h6,10H,1-5H2/p-1. The molecular weight excluding hydrogens is 192 g/mol. The van der Waals surface area contributed by atoms with E-state index in [0.717, 1.165) is 37.7 Å². The molecule has 0 aromatic rings. The number of rotatable bonds is 4. The van der Waals surface area contributed by atoms with Crippen LogP contribution in [0.2, 0.25) is 0 Å². The average molecular weight is 203 g/mol. The van der Waals surface area contributed by atoms with Crippen LogP contribution in [-0.2, 0) is 14.2 Å². The molecule has 2 saturated carbocycles. The number of hydrogen-bond donors (Lipinski definition) is 0. The van der Waals surface area contributed by atoms with Crippen LogP contribution in [-0.4, -0.2) is 11.5 Å². The Morgan fingerprint density at radius 3 is 3.08 bits per heavy atom. The summed E-state index contributed by atoms with van der Waals surface area (Å²) in [5, 5.41) is 12.8. The Morgan fingerprint density at radius 2 is 2.54 bits per heavy atom. The highest BCUT2D eigenvalue weighted by atomic mass is 32.2. The number of carbonyl (C=O) groups is 1. The average Bonchev–Trinajstić information content (AvgIpc) is 2.62. The lowest BCUT2D eigenvalue weighted by atomic mass is 9.85. The van der Waals surface area contributed by atoms with Crippen molar-refractivity contribution in [2.24, 2.45) is 11.3 Å². The molecule has 2 aliphatic rings. The molecule has 4 nitrogen and oxygen atoms in total. The van der Waals surface area contributed by atoms with Crippen molar-refractivity contribution >= 4 is 17.8 Å². The van der Waals surface area contributed by atoms with Crippen LogP contribution in [0.25, 0.3) is 0 Å². The molecule has 0 radical (unpaired) electrons. The maximum atomic E-state index is 11.6. The van der Waals surface area contributed by atoms with E-state index < -0.39 is 0 Å². The van der Waals surface area contributed by atoms with Crippen molar-refractivity contribution < 1.29 is 19.4 Å². The molecule has 2 fully saturated rings. The summed E-state index contributed by atoms with van der Waals surface area (Å²) in [5.41, 5.74) is -0.201. The second-order valence-electron chi connectivity index (χ2n) is 3.91. The Balaban J connectivity index is 1.91. The van der Waals surface area contributed by atoms with Gasteiger partial charge in [-0.25, -0.2) is 0 Å². The molecule has 5 heteroatoms. The highest BCUT2D eigenvalue weighted by Gasteiger charge is 2.51. The molecule has 0 heterocycles. The van der Waals surface area contributed by atoms with Gasteiger partial charge in [0.2, 0.25) is 0 Å². The smallest absolute Gasteiger partial charge is 0.140 e. The summed E-state index contributed by atoms with van der Waals surface area (Å²) < 4.78 is 4.20. The van der Waals surface area contributed by atoms with Crippen LogP contribution in [0.3, 0.4) is 0 Å². The van der Waals surface area contributed by atoms with Crippen molar-refractivity contribution in [1.29, 1.82) is 0 Å². The molecule has 2 atom stereocenters. The fraction of sp³-hybridized carbons (Fsp3) is 0.875. The highest BCUT2D eigenvalue weighted by Crippen LogP contribution is 2.53. The SMILES string of the molecule is O=C1CC2CCC1(CSOO[O-])C2. The van der Waals surface area contributed by atoms with Gasteiger partial charge in [-0.1, -0.05) is 0 Å². The maximum Gasteiger partial charge on any atom is 0.140 e. The molecule has 13 heavy (non-hydrogen) atoms. The number of Topliss-reactive ketones (excluding diaryl/α,β-unsaturated/α-hetero) is 1. The van der Waals surface area contributed by atoms with Crippen molar-refractivity contribution in [1.82, 2.24) is 0 Å². The Morgan fingerprint density at radius 1 is 1.69 bits per heavy atom. The van der Waals surface area contributed by atoms with Crippen molar-refractivity contribution in [3.8, 4) is 0 Å². The van der Waals surface area contributed by atoms with E-state index in [-0.39, 0.29) is 5.41 Å². The van der Waals surface area contributed by atoms with Gasteiger partial charge in [0.1, 0.15) is 5.78 Å². The number of carbonyl (C=O) groups excluding carboxylic acids is 1. The third-order valence-corrected chi connectivity index (χ3v) is 4.01. The zero-order chi connectivity index (χ0) is 9.31. The molecule has 74 valence electrons. The minimum Gasteiger partial charge on any atom is -0.691 e. The van der Waals surface area contributed by atoms with Crippen LogP contribution in [0.15, 0.2) is 0 Å². The van der Waals surface area contributed by atoms with Gasteiger partial charge in [0, 0.05) is 29.6 Å². The number of fused-ring (bicyclic) bond motifs is 2. The topological polar surface area (TPSA) is 58.6 Å². The molecule has 2 bridgehead atoms. The first-order valence-corrected chi connectivity index (χ1v) is 5.29. The fourth-order valence-electron chi connectivity index (χ4n) is 2.51. The van der Waals surface area contributed by atoms with E-state index >= 15 is 0 Å². The Bertz CT molecular complexity index is 220. The maximum absolute atomic E-state index is 11.6. The van der Waals surface area contributed by atoms with Gasteiger partial charge in [0.05, 0.1) is 0 Å². The lowest BCUT2D eigenvalue weighted by Gasteiger charge is -2.23. The molecule has 0 amide bonds. The van der Waals surface area contributed by atoms with E-state index in [1.54, 1.807) is 0 Å². The summed E-state index contributed by atoms with van der Waals surface area (Å²) >= 11 is 0.949.